The smallest absolute Gasteiger partial charge is 0.215 e. The number of allylic oxidation sites excluding steroid dienone is 4. The molecule has 1 saturated heterocycles. The van der Waals surface area contributed by atoms with Crippen LogP contribution in [0.2, 0.25) is 0 Å². The van der Waals surface area contributed by atoms with Crippen LogP contribution in [-0.4, -0.2) is 35.3 Å². The molecule has 5 aliphatic rings. The molecule has 1 aromatic carbocycles. The third-order valence-electron chi connectivity index (χ3n) is 5.92. The Hall–Kier alpha value is -1.99. The summed E-state index contributed by atoms with van der Waals surface area (Å²) in [7, 11) is 0. The Morgan fingerprint density at radius 3 is 3.19 bits per heavy atom. The lowest BCUT2D eigenvalue weighted by molar-refractivity contribution is -0.501. The topological polar surface area (TPSA) is 75.7 Å². The minimum Gasteiger partial charge on any atom is -0.504 e. The van der Waals surface area contributed by atoms with Gasteiger partial charge in [-0.1, -0.05) is 0 Å². The van der Waals surface area contributed by atoms with E-state index in [2.05, 4.69) is 15.3 Å². The third kappa shape index (κ3) is 1.60. The van der Waals surface area contributed by atoms with E-state index in [1.165, 1.54) is 5.57 Å². The first kappa shape index (κ1) is 15.1. The first-order chi connectivity index (χ1) is 12.6. The number of benzene rings is 1. The Morgan fingerprint density at radius 1 is 1.46 bits per heavy atom. The summed E-state index contributed by atoms with van der Waals surface area (Å²) >= 11 is 3.35. The van der Waals surface area contributed by atoms with E-state index in [-0.39, 0.29) is 22.3 Å². The average molecular weight is 382 g/mol. The minimum absolute atomic E-state index is 0.0548. The molecular formula is C19H16N3O2S2+. The van der Waals surface area contributed by atoms with Gasteiger partial charge in [-0.15, -0.1) is 23.5 Å². The number of aromatic hydroxyl groups is 1. The summed E-state index contributed by atoms with van der Waals surface area (Å²) in [5, 5.41) is 16.8. The van der Waals surface area contributed by atoms with Crippen molar-refractivity contribution >= 4 is 52.5 Å². The summed E-state index contributed by atoms with van der Waals surface area (Å²) in [6.07, 6.45) is 9.27. The SMILES string of the molecule is CSC1=CC(=O)C=C2S[C@H]3C[C@@]12c1c(c(O)c2c4c1=[NH+]CCC=4C=N2)N3. The zero-order valence-electron chi connectivity index (χ0n) is 14.0. The fourth-order valence-corrected chi connectivity index (χ4v) is 7.36. The summed E-state index contributed by atoms with van der Waals surface area (Å²) < 4.78 is 0. The van der Waals surface area contributed by atoms with Crippen molar-refractivity contribution in [3.8, 4) is 5.75 Å². The quantitative estimate of drug-likeness (QED) is 0.605. The molecule has 2 atom stereocenters. The van der Waals surface area contributed by atoms with Gasteiger partial charge in [-0.25, -0.2) is 4.99 Å². The Bertz CT molecular complexity index is 1150. The van der Waals surface area contributed by atoms with Crippen molar-refractivity contribution in [2.45, 2.75) is 23.6 Å². The maximum atomic E-state index is 12.3. The molecule has 0 amide bonds. The minimum atomic E-state index is -0.344. The van der Waals surface area contributed by atoms with E-state index in [0.29, 0.717) is 5.69 Å². The molecule has 0 aromatic heterocycles. The monoisotopic (exact) mass is 382 g/mol. The molecule has 0 saturated carbocycles. The van der Waals surface area contributed by atoms with Crippen LogP contribution in [0.1, 0.15) is 18.4 Å². The molecule has 6 rings (SSSR count). The van der Waals surface area contributed by atoms with E-state index < -0.39 is 0 Å². The fraction of sp³-hybridized carbons (Fsp3) is 0.316. The van der Waals surface area contributed by atoms with Crippen molar-refractivity contribution in [2.75, 3.05) is 18.1 Å². The van der Waals surface area contributed by atoms with Gasteiger partial charge in [0.05, 0.1) is 27.3 Å². The number of anilines is 1. The molecule has 4 aliphatic heterocycles. The van der Waals surface area contributed by atoms with Crippen molar-refractivity contribution in [1.82, 2.24) is 0 Å². The molecule has 5 nitrogen and oxygen atoms in total. The molecule has 0 radical (unpaired) electrons. The lowest BCUT2D eigenvalue weighted by Crippen LogP contribution is -2.83. The van der Waals surface area contributed by atoms with Crippen molar-refractivity contribution in [1.29, 1.82) is 0 Å². The number of phenols is 1. The van der Waals surface area contributed by atoms with E-state index in [0.717, 1.165) is 51.0 Å². The summed E-state index contributed by atoms with van der Waals surface area (Å²) in [6.45, 7) is 0.855. The standard InChI is InChI=1S/C19H15N3O2S2/c1-25-10-4-9(23)5-11-19(10)6-12(26-11)22-17-14(19)15-13-8(2-3-20-15)7-21-16(13)18(17)24/h4-5,7,12,22,24H,2-3,6H2,1H3/p+1/t12-,19+/m0/s1. The third-order valence-corrected chi connectivity index (χ3v) is 8.11. The van der Waals surface area contributed by atoms with Crippen LogP contribution in [0.3, 0.4) is 0 Å². The number of aliphatic imine (C=N–C) groups is 1. The molecule has 0 unspecified atom stereocenters. The maximum absolute atomic E-state index is 12.3. The number of fused-ring (bicyclic) bond motifs is 3. The van der Waals surface area contributed by atoms with Crippen LogP contribution in [0, 0.1) is 0 Å². The second kappa shape index (κ2) is 4.84. The summed E-state index contributed by atoms with van der Waals surface area (Å²) in [5.41, 5.74) is 3.36. The molecule has 1 spiro atoms. The normalized spacial score (nSPS) is 29.3. The Kier molecular flexibility index (Phi) is 2.81. The zero-order valence-corrected chi connectivity index (χ0v) is 15.7. The predicted molar refractivity (Wildman–Crippen MR) is 104 cm³/mol. The molecule has 1 aromatic rings. The van der Waals surface area contributed by atoms with E-state index >= 15 is 0 Å². The van der Waals surface area contributed by atoms with Crippen molar-refractivity contribution < 1.29 is 14.9 Å². The molecule has 7 heteroatoms. The van der Waals surface area contributed by atoms with Gasteiger partial charge in [0, 0.05) is 22.4 Å². The van der Waals surface area contributed by atoms with E-state index in [1.54, 1.807) is 35.7 Å². The summed E-state index contributed by atoms with van der Waals surface area (Å²) in [6, 6.07) is 0. The number of hydrogen-bond acceptors (Lipinski definition) is 6. The van der Waals surface area contributed by atoms with Gasteiger partial charge in [0.25, 0.3) is 0 Å². The largest absolute Gasteiger partial charge is 0.504 e. The fourth-order valence-electron chi connectivity index (χ4n) is 4.92. The molecule has 130 valence electrons. The van der Waals surface area contributed by atoms with Crippen LogP contribution in [0.15, 0.2) is 27.0 Å². The van der Waals surface area contributed by atoms with Crippen LogP contribution in [0.4, 0.5) is 11.4 Å². The molecule has 2 bridgehead atoms. The second-order valence-corrected chi connectivity index (χ2v) is 9.23. The van der Waals surface area contributed by atoms with Crippen LogP contribution in [0.5, 0.6) is 5.75 Å². The molecule has 1 aliphatic carbocycles. The lowest BCUT2D eigenvalue weighted by atomic mass is 9.71. The van der Waals surface area contributed by atoms with Gasteiger partial charge in [-0.3, -0.25) is 9.79 Å². The molecule has 4 heterocycles. The lowest BCUT2D eigenvalue weighted by Gasteiger charge is -2.38. The number of thioether (sulfide) groups is 2. The highest BCUT2D eigenvalue weighted by Crippen LogP contribution is 2.64. The number of carbonyl (C=O) groups excluding carboxylic acids is 1. The van der Waals surface area contributed by atoms with Gasteiger partial charge in [-0.05, 0) is 30.4 Å². The van der Waals surface area contributed by atoms with Crippen LogP contribution >= 0.6 is 23.5 Å². The van der Waals surface area contributed by atoms with Crippen molar-refractivity contribution in [3.63, 3.8) is 0 Å². The number of ketones is 1. The van der Waals surface area contributed by atoms with Gasteiger partial charge in [0.1, 0.15) is 12.2 Å². The van der Waals surface area contributed by atoms with Crippen LogP contribution in [-0.2, 0) is 10.2 Å². The first-order valence-corrected chi connectivity index (χ1v) is 10.8. The van der Waals surface area contributed by atoms with E-state index in [1.807, 2.05) is 12.5 Å². The van der Waals surface area contributed by atoms with Gasteiger partial charge in [0.2, 0.25) is 5.36 Å². The van der Waals surface area contributed by atoms with Gasteiger partial charge < -0.3 is 10.4 Å². The molecule has 3 N–H and O–H groups in total. The maximum Gasteiger partial charge on any atom is 0.215 e. The number of hydrogen-bond donors (Lipinski definition) is 3. The molecule has 26 heavy (non-hydrogen) atoms. The van der Waals surface area contributed by atoms with Crippen molar-refractivity contribution in [2.24, 2.45) is 4.99 Å². The Labute approximate surface area is 158 Å². The Morgan fingerprint density at radius 2 is 2.35 bits per heavy atom. The number of nitrogens with zero attached hydrogens (tertiary/aromatic N) is 1. The van der Waals surface area contributed by atoms with Crippen molar-refractivity contribution in [3.05, 3.63) is 38.1 Å². The van der Waals surface area contributed by atoms with Crippen LogP contribution in [0.25, 0.3) is 5.57 Å². The first-order valence-electron chi connectivity index (χ1n) is 8.66. The Balaban J connectivity index is 1.81. The highest BCUT2D eigenvalue weighted by Gasteiger charge is 2.56. The van der Waals surface area contributed by atoms with Crippen LogP contribution < -0.4 is 20.9 Å². The molecule has 1 fully saturated rings. The number of carbonyl (C=O) groups is 1. The number of rotatable bonds is 1. The van der Waals surface area contributed by atoms with Gasteiger partial charge >= 0.3 is 0 Å². The number of nitrogens with one attached hydrogen (secondary N) is 2. The molecular weight excluding hydrogens is 366 g/mol. The summed E-state index contributed by atoms with van der Waals surface area (Å²) in [4.78, 5) is 22.5. The zero-order chi connectivity index (χ0) is 17.6. The highest BCUT2D eigenvalue weighted by atomic mass is 32.2. The predicted octanol–water partition coefficient (Wildman–Crippen LogP) is 0.202. The number of phenolic OH excluding ortho intramolecular Hbond substituents is 1. The highest BCUT2D eigenvalue weighted by molar-refractivity contribution is 8.05. The summed E-state index contributed by atoms with van der Waals surface area (Å²) in [5.74, 6) is 0.288. The average Bonchev–Trinajstić information content (AvgIpc) is 3.19. The van der Waals surface area contributed by atoms with Gasteiger partial charge in [-0.2, -0.15) is 0 Å². The van der Waals surface area contributed by atoms with E-state index in [9.17, 15) is 9.90 Å². The van der Waals surface area contributed by atoms with E-state index in [4.69, 9.17) is 0 Å². The second-order valence-electron chi connectivity index (χ2n) is 7.14. The van der Waals surface area contributed by atoms with Gasteiger partial charge in [0.15, 0.2) is 11.5 Å².